The summed E-state index contributed by atoms with van der Waals surface area (Å²) in [5, 5.41) is 0. The molecule has 2 rings (SSSR count). The Kier molecular flexibility index (Phi) is 9.00. The first-order valence-electron chi connectivity index (χ1n) is 18.6. The summed E-state index contributed by atoms with van der Waals surface area (Å²) >= 11 is 0. The third kappa shape index (κ3) is 11.3. The number of hydrogen-bond acceptors (Lipinski definition) is 0. The van der Waals surface area contributed by atoms with Gasteiger partial charge < -0.3 is 0 Å². The van der Waals surface area contributed by atoms with Crippen LogP contribution in [0.2, 0.25) is 0 Å². The van der Waals surface area contributed by atoms with Crippen molar-refractivity contribution in [2.45, 2.75) is 108 Å². The van der Waals surface area contributed by atoms with Crippen LogP contribution in [0.15, 0.2) is 130 Å². The van der Waals surface area contributed by atoms with Crippen LogP contribution in [-0.4, -0.2) is 0 Å². The van der Waals surface area contributed by atoms with Crippen molar-refractivity contribution in [1.82, 2.24) is 0 Å². The lowest BCUT2D eigenvalue weighted by Gasteiger charge is -2.33. The Bertz CT molecular complexity index is 1400. The van der Waals surface area contributed by atoms with Crippen LogP contribution in [-0.2, 0) is 0 Å². The summed E-state index contributed by atoms with van der Waals surface area (Å²) < 4.78 is 65.1. The smallest absolute Gasteiger partial charge is 0.0625 e. The zero-order chi connectivity index (χ0) is 36.5. The highest BCUT2D eigenvalue weighted by molar-refractivity contribution is 5.39. The van der Waals surface area contributed by atoms with Gasteiger partial charge in [0.05, 0.1) is 2.74 Å². The monoisotopic (exact) mass is 544 g/mol. The van der Waals surface area contributed by atoms with E-state index in [4.69, 9.17) is 11.0 Å². The van der Waals surface area contributed by atoms with Crippen LogP contribution in [0.1, 0.15) is 119 Å². The summed E-state index contributed by atoms with van der Waals surface area (Å²) in [6.07, 6.45) is 27.2. The van der Waals surface area contributed by atoms with Gasteiger partial charge in [-0.25, -0.2) is 0 Å². The van der Waals surface area contributed by atoms with Gasteiger partial charge in [-0.2, -0.15) is 0 Å². The largest absolute Gasteiger partial charge is 0.0696 e. The van der Waals surface area contributed by atoms with Crippen molar-refractivity contribution in [1.29, 1.82) is 0 Å². The van der Waals surface area contributed by atoms with Crippen LogP contribution >= 0.6 is 0 Å². The van der Waals surface area contributed by atoms with Gasteiger partial charge in [-0.05, 0) is 102 Å². The molecule has 0 aromatic rings. The number of allylic oxidation sites excluding steroid dienone is 22. The molecule has 216 valence electrons. The van der Waals surface area contributed by atoms with Gasteiger partial charge in [-0.3, -0.25) is 0 Å². The third-order valence-electron chi connectivity index (χ3n) is 7.92. The molecule has 0 saturated carbocycles. The van der Waals surface area contributed by atoms with Gasteiger partial charge in [0.25, 0.3) is 0 Å². The van der Waals surface area contributed by atoms with Crippen LogP contribution in [0, 0.1) is 10.8 Å². The summed E-state index contributed by atoms with van der Waals surface area (Å²) in [5.41, 5.74) is 6.53. The molecule has 0 unspecified atom stereocenters. The van der Waals surface area contributed by atoms with Gasteiger partial charge in [0.2, 0.25) is 0 Å². The maximum Gasteiger partial charge on any atom is 0.0625 e. The van der Waals surface area contributed by atoms with Crippen LogP contribution < -0.4 is 0 Å². The van der Waals surface area contributed by atoms with Gasteiger partial charge in [-0.1, -0.05) is 146 Å². The van der Waals surface area contributed by atoms with Gasteiger partial charge in [0, 0.05) is 8.22 Å². The van der Waals surface area contributed by atoms with Crippen molar-refractivity contribution in [2.24, 2.45) is 10.8 Å². The minimum Gasteiger partial charge on any atom is -0.0696 e. The fourth-order valence-electron chi connectivity index (χ4n) is 5.50. The second-order valence-electron chi connectivity index (χ2n) is 12.5. The van der Waals surface area contributed by atoms with E-state index in [1.807, 2.05) is 50.3 Å². The van der Waals surface area contributed by atoms with Crippen LogP contribution in [0.3, 0.4) is 0 Å². The Morgan fingerprint density at radius 1 is 0.625 bits per heavy atom. The highest BCUT2D eigenvalue weighted by Crippen LogP contribution is 2.41. The van der Waals surface area contributed by atoms with E-state index in [0.717, 1.165) is 60.8 Å². The van der Waals surface area contributed by atoms with E-state index >= 15 is 0 Å². The zero-order valence-electron chi connectivity index (χ0n) is 34.2. The average molecular weight is 545 g/mol. The van der Waals surface area contributed by atoms with Crippen molar-refractivity contribution >= 4 is 0 Å². The molecule has 0 aromatic heterocycles. The molecule has 0 saturated heterocycles. The molecular formula is C40H56. The minimum absolute atomic E-state index is 0.0130. The Morgan fingerprint density at radius 2 is 1.02 bits per heavy atom. The lowest BCUT2D eigenvalue weighted by Crippen LogP contribution is -2.19. The number of rotatable bonds is 10. The fourth-order valence-corrected chi connectivity index (χ4v) is 5.50. The SMILES string of the molecule is [2H]C(C=CC(C)=CC=CC=C(C)/C=C/C([2H])=C(/C=C/C1=C(C)CCCC1(C)C)C([2H])([2H])[2H])=C(C=CC1=C(C)CCCC1(C)C)C([2H])([2H])[2H]. The van der Waals surface area contributed by atoms with E-state index in [1.54, 1.807) is 24.3 Å². The highest BCUT2D eigenvalue weighted by atomic mass is 14.3. The molecule has 0 radical (unpaired) electrons. The standard InChI is InChI=1S/C40H56/c1-31(19-13-21-33(3)25-27-37-35(5)23-15-29-39(37,7)8)17-11-12-18-32(2)20-14-22-34(4)26-28-38-36(6)24-16-30-40(38,9)10/h11-14,17-22,25-28H,15-16,23-24,29-30H2,1-10H3/b12-11?,19-13+,20-14?,27-25+,28-26?,31-17?,32-18?,33-21+,34-22?/i3D3,4D3,21D,22D. The second kappa shape index (κ2) is 15.8. The molecule has 40 heavy (non-hydrogen) atoms. The summed E-state index contributed by atoms with van der Waals surface area (Å²) in [7, 11) is 0. The van der Waals surface area contributed by atoms with E-state index in [1.165, 1.54) is 23.3 Å². The maximum absolute atomic E-state index is 8.51. The Hall–Kier alpha value is -2.86. The number of hydrogen-bond donors (Lipinski definition) is 0. The molecule has 0 spiro atoms. The second-order valence-corrected chi connectivity index (χ2v) is 12.5. The molecular weight excluding hydrogens is 480 g/mol. The molecule has 0 aromatic carbocycles. The lowest BCUT2D eigenvalue weighted by molar-refractivity contribution is 0.376. The molecule has 0 heteroatoms. The van der Waals surface area contributed by atoms with Gasteiger partial charge in [0.1, 0.15) is 0 Å². The fraction of sp³-hybridized carbons (Fsp3) is 0.450. The van der Waals surface area contributed by atoms with Crippen molar-refractivity contribution < 1.29 is 11.0 Å². The molecule has 2 aliphatic rings. The molecule has 0 aliphatic heterocycles. The molecule has 0 atom stereocenters. The van der Waals surface area contributed by atoms with Gasteiger partial charge in [-0.15, -0.1) is 0 Å². The quantitative estimate of drug-likeness (QED) is 0.240. The summed E-state index contributed by atoms with van der Waals surface area (Å²) in [6.45, 7) is 11.9. The molecule has 0 N–H and O–H groups in total. The van der Waals surface area contributed by atoms with Crippen LogP contribution in [0.5, 0.6) is 0 Å². The topological polar surface area (TPSA) is 0 Å². The maximum atomic E-state index is 8.51. The summed E-state index contributed by atoms with van der Waals surface area (Å²) in [6, 6.07) is -0.0916. The Morgan fingerprint density at radius 3 is 1.38 bits per heavy atom. The lowest BCUT2D eigenvalue weighted by atomic mass is 9.72. The van der Waals surface area contributed by atoms with Crippen molar-refractivity contribution in [3.8, 4) is 0 Å². The van der Waals surface area contributed by atoms with E-state index in [-0.39, 0.29) is 34.1 Å². The molecule has 0 nitrogen and oxygen atoms in total. The van der Waals surface area contributed by atoms with Crippen LogP contribution in [0.25, 0.3) is 0 Å². The summed E-state index contributed by atoms with van der Waals surface area (Å²) in [5.74, 6) is 0. The first-order valence-corrected chi connectivity index (χ1v) is 14.6. The van der Waals surface area contributed by atoms with Crippen LogP contribution in [0.4, 0.5) is 0 Å². The molecule has 2 aliphatic carbocycles. The summed E-state index contributed by atoms with van der Waals surface area (Å²) in [4.78, 5) is 0. The zero-order valence-corrected chi connectivity index (χ0v) is 26.2. The van der Waals surface area contributed by atoms with Gasteiger partial charge >= 0.3 is 0 Å². The first-order chi connectivity index (χ1) is 22.1. The van der Waals surface area contributed by atoms with Crippen molar-refractivity contribution in [3.63, 3.8) is 0 Å². The van der Waals surface area contributed by atoms with E-state index < -0.39 is 13.7 Å². The van der Waals surface area contributed by atoms with Gasteiger partial charge in [0.15, 0.2) is 0 Å². The highest BCUT2D eigenvalue weighted by Gasteiger charge is 2.27. The molecule has 0 bridgehead atoms. The first kappa shape index (κ1) is 22.8. The van der Waals surface area contributed by atoms with E-state index in [9.17, 15) is 0 Å². The Balaban J connectivity index is 2.21. The molecule has 0 heterocycles. The molecule has 0 amide bonds. The normalized spacial score (nSPS) is 26.0. The van der Waals surface area contributed by atoms with E-state index in [0.29, 0.717) is 0 Å². The van der Waals surface area contributed by atoms with Crippen molar-refractivity contribution in [3.05, 3.63) is 130 Å². The Labute approximate surface area is 259 Å². The average Bonchev–Trinajstić information content (AvgIpc) is 2.94. The van der Waals surface area contributed by atoms with E-state index in [2.05, 4.69) is 41.5 Å². The third-order valence-corrected chi connectivity index (χ3v) is 7.92. The predicted octanol–water partition coefficient (Wildman–Crippen LogP) is 12.6. The van der Waals surface area contributed by atoms with Crippen molar-refractivity contribution in [2.75, 3.05) is 0 Å². The molecule has 0 fully saturated rings. The minimum atomic E-state index is -2.41. The predicted molar refractivity (Wildman–Crippen MR) is 181 cm³/mol.